The summed E-state index contributed by atoms with van der Waals surface area (Å²) in [6, 6.07) is 5.73. The number of phenolic OH excluding ortho intramolecular Hbond substituents is 1. The van der Waals surface area contributed by atoms with E-state index in [1.54, 1.807) is 0 Å². The average Bonchev–Trinajstić information content (AvgIpc) is 2.32. The zero-order valence-corrected chi connectivity index (χ0v) is 9.38. The van der Waals surface area contributed by atoms with Gasteiger partial charge in [-0.1, -0.05) is 0 Å². The first kappa shape index (κ1) is 12.3. The second-order valence-electron chi connectivity index (χ2n) is 3.89. The van der Waals surface area contributed by atoms with E-state index in [9.17, 15) is 14.4 Å². The number of carbonyl (C=O) groups is 3. The molecular formula is C12H11NO5. The molecule has 0 aromatic heterocycles. The lowest BCUT2D eigenvalue weighted by Crippen LogP contribution is -2.43. The van der Waals surface area contributed by atoms with E-state index in [0.29, 0.717) is 5.69 Å². The fraction of sp³-hybridized carbons (Fsp3) is 0.250. The third kappa shape index (κ3) is 2.54. The molecule has 0 aliphatic carbocycles. The van der Waals surface area contributed by atoms with Crippen molar-refractivity contribution < 1.29 is 24.2 Å². The Kier molecular flexibility index (Phi) is 3.38. The highest BCUT2D eigenvalue weighted by Gasteiger charge is 2.36. The van der Waals surface area contributed by atoms with Gasteiger partial charge in [-0.25, -0.2) is 0 Å². The summed E-state index contributed by atoms with van der Waals surface area (Å²) in [6.07, 6.45) is 0. The molecule has 1 aliphatic heterocycles. The molecule has 0 unspecified atom stereocenters. The van der Waals surface area contributed by atoms with Gasteiger partial charge in [0.25, 0.3) is 0 Å². The number of aromatic hydroxyl groups is 1. The van der Waals surface area contributed by atoms with E-state index in [0.717, 1.165) is 0 Å². The van der Waals surface area contributed by atoms with Gasteiger partial charge in [0.15, 0.2) is 17.5 Å². The van der Waals surface area contributed by atoms with E-state index in [-0.39, 0.29) is 19.0 Å². The van der Waals surface area contributed by atoms with Crippen LogP contribution in [0.2, 0.25) is 0 Å². The Morgan fingerprint density at radius 1 is 1.17 bits per heavy atom. The molecule has 0 radical (unpaired) electrons. The van der Waals surface area contributed by atoms with Crippen molar-refractivity contribution in [1.29, 1.82) is 0 Å². The van der Waals surface area contributed by atoms with E-state index in [1.165, 1.54) is 24.3 Å². The van der Waals surface area contributed by atoms with Gasteiger partial charge in [-0.15, -0.1) is 0 Å². The molecule has 1 heterocycles. The van der Waals surface area contributed by atoms with E-state index in [1.807, 2.05) is 0 Å². The maximum Gasteiger partial charge on any atom is 0.242 e. The SMILES string of the molecule is O=C1COCC(=O)C1C(=O)Nc1ccc(O)cc1. The minimum Gasteiger partial charge on any atom is -0.508 e. The predicted molar refractivity (Wildman–Crippen MR) is 61.1 cm³/mol. The van der Waals surface area contributed by atoms with Gasteiger partial charge < -0.3 is 15.2 Å². The topological polar surface area (TPSA) is 92.7 Å². The monoisotopic (exact) mass is 249 g/mol. The van der Waals surface area contributed by atoms with Crippen LogP contribution in [-0.4, -0.2) is 35.8 Å². The summed E-state index contributed by atoms with van der Waals surface area (Å²) in [6.45, 7) is -0.446. The van der Waals surface area contributed by atoms with E-state index >= 15 is 0 Å². The van der Waals surface area contributed by atoms with Crippen molar-refractivity contribution in [2.45, 2.75) is 0 Å². The highest BCUT2D eigenvalue weighted by molar-refractivity contribution is 6.23. The molecule has 6 heteroatoms. The number of ketones is 2. The number of benzene rings is 1. The van der Waals surface area contributed by atoms with Crippen molar-refractivity contribution >= 4 is 23.2 Å². The average molecular weight is 249 g/mol. The smallest absolute Gasteiger partial charge is 0.242 e. The van der Waals surface area contributed by atoms with Crippen LogP contribution < -0.4 is 5.32 Å². The number of nitrogens with one attached hydrogen (secondary N) is 1. The lowest BCUT2D eigenvalue weighted by atomic mass is 9.96. The second kappa shape index (κ2) is 4.97. The maximum atomic E-state index is 11.8. The van der Waals surface area contributed by atoms with Crippen LogP contribution >= 0.6 is 0 Å². The molecule has 0 spiro atoms. The highest BCUT2D eigenvalue weighted by Crippen LogP contribution is 2.16. The van der Waals surface area contributed by atoms with Gasteiger partial charge >= 0.3 is 0 Å². The number of hydrogen-bond donors (Lipinski definition) is 2. The highest BCUT2D eigenvalue weighted by atomic mass is 16.5. The molecule has 1 amide bonds. The fourth-order valence-corrected chi connectivity index (χ4v) is 1.65. The number of hydrogen-bond acceptors (Lipinski definition) is 5. The molecule has 6 nitrogen and oxygen atoms in total. The molecule has 1 aromatic carbocycles. The van der Waals surface area contributed by atoms with Crippen LogP contribution in [0.3, 0.4) is 0 Å². The molecule has 0 atom stereocenters. The third-order valence-corrected chi connectivity index (χ3v) is 2.53. The summed E-state index contributed by atoms with van der Waals surface area (Å²) >= 11 is 0. The molecule has 94 valence electrons. The Morgan fingerprint density at radius 2 is 1.72 bits per heavy atom. The first-order valence-electron chi connectivity index (χ1n) is 5.31. The van der Waals surface area contributed by atoms with Crippen LogP contribution in [0, 0.1) is 5.92 Å². The van der Waals surface area contributed by atoms with E-state index in [4.69, 9.17) is 9.84 Å². The number of rotatable bonds is 2. The van der Waals surface area contributed by atoms with Crippen molar-refractivity contribution in [3.63, 3.8) is 0 Å². The molecule has 1 aromatic rings. The number of phenols is 1. The van der Waals surface area contributed by atoms with Gasteiger partial charge in [-0.3, -0.25) is 14.4 Å². The Bertz CT molecular complexity index is 478. The largest absolute Gasteiger partial charge is 0.508 e. The predicted octanol–water partition coefficient (Wildman–Crippen LogP) is 0.115. The standard InChI is InChI=1S/C12H11NO5/c14-8-3-1-7(2-4-8)13-12(17)11-9(15)5-18-6-10(11)16/h1-4,11,14H,5-6H2,(H,13,17). The zero-order valence-electron chi connectivity index (χ0n) is 9.38. The Balaban J connectivity index is 2.09. The Labute approximate surface area is 103 Å². The fourth-order valence-electron chi connectivity index (χ4n) is 1.65. The molecular weight excluding hydrogens is 238 g/mol. The minimum atomic E-state index is -1.30. The molecule has 2 N–H and O–H groups in total. The molecule has 1 saturated heterocycles. The van der Waals surface area contributed by atoms with Crippen molar-refractivity contribution in [3.8, 4) is 5.75 Å². The summed E-state index contributed by atoms with van der Waals surface area (Å²) in [5.41, 5.74) is 0.407. The first-order valence-corrected chi connectivity index (χ1v) is 5.31. The number of Topliss-reactive ketones (excluding diaryl/α,β-unsaturated/α-hetero) is 2. The summed E-state index contributed by atoms with van der Waals surface area (Å²) in [5, 5.41) is 11.5. The van der Waals surface area contributed by atoms with Crippen molar-refractivity contribution in [3.05, 3.63) is 24.3 Å². The lowest BCUT2D eigenvalue weighted by molar-refractivity contribution is -0.148. The number of carbonyl (C=O) groups excluding carboxylic acids is 3. The molecule has 1 fully saturated rings. The van der Waals surface area contributed by atoms with Crippen LogP contribution in [0.25, 0.3) is 0 Å². The summed E-state index contributed by atoms with van der Waals surface area (Å²) in [5.74, 6) is -2.98. The van der Waals surface area contributed by atoms with Crippen LogP contribution in [0.1, 0.15) is 0 Å². The third-order valence-electron chi connectivity index (χ3n) is 2.53. The first-order chi connectivity index (χ1) is 8.58. The van der Waals surface area contributed by atoms with Gasteiger partial charge in [-0.2, -0.15) is 0 Å². The van der Waals surface area contributed by atoms with E-state index < -0.39 is 23.4 Å². The normalized spacial score (nSPS) is 16.7. The number of ether oxygens (including phenoxy) is 1. The van der Waals surface area contributed by atoms with Gasteiger partial charge in [-0.05, 0) is 24.3 Å². The van der Waals surface area contributed by atoms with Gasteiger partial charge in [0, 0.05) is 5.69 Å². The number of amides is 1. The lowest BCUT2D eigenvalue weighted by Gasteiger charge is -2.19. The van der Waals surface area contributed by atoms with Gasteiger partial charge in [0.05, 0.1) is 0 Å². The summed E-state index contributed by atoms with van der Waals surface area (Å²) in [4.78, 5) is 34.7. The number of anilines is 1. The molecule has 2 rings (SSSR count). The molecule has 0 saturated carbocycles. The summed E-state index contributed by atoms with van der Waals surface area (Å²) in [7, 11) is 0. The quantitative estimate of drug-likeness (QED) is 0.573. The van der Waals surface area contributed by atoms with Crippen molar-refractivity contribution in [2.75, 3.05) is 18.5 Å². The van der Waals surface area contributed by atoms with Crippen molar-refractivity contribution in [2.24, 2.45) is 5.92 Å². The van der Waals surface area contributed by atoms with Gasteiger partial charge in [0.2, 0.25) is 5.91 Å². The molecule has 0 bridgehead atoms. The van der Waals surface area contributed by atoms with Crippen LogP contribution in [0.4, 0.5) is 5.69 Å². The minimum absolute atomic E-state index is 0.0613. The van der Waals surface area contributed by atoms with Crippen LogP contribution in [0.15, 0.2) is 24.3 Å². The summed E-state index contributed by atoms with van der Waals surface area (Å²) < 4.78 is 4.73. The van der Waals surface area contributed by atoms with Crippen LogP contribution in [-0.2, 0) is 19.1 Å². The van der Waals surface area contributed by atoms with Gasteiger partial charge in [0.1, 0.15) is 19.0 Å². The Morgan fingerprint density at radius 3 is 2.28 bits per heavy atom. The molecule has 18 heavy (non-hydrogen) atoms. The Hall–Kier alpha value is -2.21. The van der Waals surface area contributed by atoms with Crippen molar-refractivity contribution in [1.82, 2.24) is 0 Å². The second-order valence-corrected chi connectivity index (χ2v) is 3.89. The maximum absolute atomic E-state index is 11.8. The molecule has 1 aliphatic rings. The van der Waals surface area contributed by atoms with Crippen LogP contribution in [0.5, 0.6) is 5.75 Å². The van der Waals surface area contributed by atoms with E-state index in [2.05, 4.69) is 5.32 Å². The zero-order chi connectivity index (χ0) is 13.1.